The van der Waals surface area contributed by atoms with Crippen LogP contribution >= 0.6 is 0 Å². The maximum atomic E-state index is 13.4. The van der Waals surface area contributed by atoms with Crippen LogP contribution in [0.25, 0.3) is 10.9 Å². The summed E-state index contributed by atoms with van der Waals surface area (Å²) in [6.07, 6.45) is 1.46. The van der Waals surface area contributed by atoms with E-state index in [2.05, 4.69) is 5.10 Å². The Kier molecular flexibility index (Phi) is 1.82. The summed E-state index contributed by atoms with van der Waals surface area (Å²) in [5.41, 5.74) is 6.38. The first-order valence-electron chi connectivity index (χ1n) is 4.00. The lowest BCUT2D eigenvalue weighted by atomic mass is 10.2. The fraction of sp³-hybridized carbons (Fsp3) is 0.111. The molecular weight excluding hydrogens is 183 g/mol. The maximum absolute atomic E-state index is 13.4. The molecule has 70 valence electrons. The highest BCUT2D eigenvalue weighted by Gasteiger charge is 2.09. The van der Waals surface area contributed by atoms with Crippen molar-refractivity contribution in [3.8, 4) is 6.07 Å². The topological polar surface area (TPSA) is 67.6 Å². The van der Waals surface area contributed by atoms with Crippen LogP contribution in [-0.2, 0) is 6.54 Å². The second-order valence-corrected chi connectivity index (χ2v) is 2.86. The highest BCUT2D eigenvalue weighted by atomic mass is 19.1. The van der Waals surface area contributed by atoms with Crippen molar-refractivity contribution in [2.45, 2.75) is 6.54 Å². The van der Waals surface area contributed by atoms with Gasteiger partial charge in [0.25, 0.3) is 0 Å². The molecule has 0 fully saturated rings. The molecule has 2 rings (SSSR count). The first kappa shape index (κ1) is 8.51. The number of anilines is 1. The van der Waals surface area contributed by atoms with Crippen molar-refractivity contribution in [1.29, 1.82) is 5.26 Å². The van der Waals surface area contributed by atoms with E-state index in [1.165, 1.54) is 23.0 Å². The standard InChI is InChI=1S/C9H7FN4/c10-7-1-2-8(12)6-5-13-14(4-3-11)9(6)7/h1-2,5H,4,12H2. The minimum Gasteiger partial charge on any atom is -0.398 e. The van der Waals surface area contributed by atoms with Crippen molar-refractivity contribution in [1.82, 2.24) is 9.78 Å². The maximum Gasteiger partial charge on any atom is 0.149 e. The molecule has 14 heavy (non-hydrogen) atoms. The lowest BCUT2D eigenvalue weighted by Crippen LogP contribution is -1.99. The minimum absolute atomic E-state index is 0.0177. The Morgan fingerprint density at radius 2 is 2.36 bits per heavy atom. The van der Waals surface area contributed by atoms with Gasteiger partial charge < -0.3 is 5.73 Å². The lowest BCUT2D eigenvalue weighted by Gasteiger charge is -1.99. The van der Waals surface area contributed by atoms with Gasteiger partial charge in [-0.1, -0.05) is 0 Å². The number of hydrogen-bond donors (Lipinski definition) is 1. The number of fused-ring (bicyclic) bond motifs is 1. The number of nitrogens with zero attached hydrogens (tertiary/aromatic N) is 3. The molecular formula is C9H7FN4. The second-order valence-electron chi connectivity index (χ2n) is 2.86. The molecule has 2 N–H and O–H groups in total. The monoisotopic (exact) mass is 190 g/mol. The number of aromatic nitrogens is 2. The molecule has 1 aromatic carbocycles. The van der Waals surface area contributed by atoms with Crippen molar-refractivity contribution in [3.05, 3.63) is 24.1 Å². The van der Waals surface area contributed by atoms with E-state index in [-0.39, 0.29) is 12.1 Å². The summed E-state index contributed by atoms with van der Waals surface area (Å²) in [4.78, 5) is 0. The number of hydrogen-bond acceptors (Lipinski definition) is 3. The van der Waals surface area contributed by atoms with E-state index in [0.717, 1.165) is 0 Å². The van der Waals surface area contributed by atoms with Gasteiger partial charge in [0.15, 0.2) is 0 Å². The molecule has 0 amide bonds. The number of nitrogens with two attached hydrogens (primary N) is 1. The molecule has 0 aliphatic heterocycles. The Balaban J connectivity index is 2.78. The van der Waals surface area contributed by atoms with Crippen LogP contribution in [0.1, 0.15) is 0 Å². The lowest BCUT2D eigenvalue weighted by molar-refractivity contribution is 0.620. The molecule has 0 saturated heterocycles. The zero-order chi connectivity index (χ0) is 10.1. The third kappa shape index (κ3) is 1.09. The molecule has 1 aromatic heterocycles. The zero-order valence-electron chi connectivity index (χ0n) is 7.24. The van der Waals surface area contributed by atoms with E-state index in [1.807, 2.05) is 6.07 Å². The largest absolute Gasteiger partial charge is 0.398 e. The smallest absolute Gasteiger partial charge is 0.149 e. The van der Waals surface area contributed by atoms with E-state index in [0.29, 0.717) is 11.1 Å². The van der Waals surface area contributed by atoms with Gasteiger partial charge >= 0.3 is 0 Å². The van der Waals surface area contributed by atoms with Crippen LogP contribution in [0.4, 0.5) is 10.1 Å². The van der Waals surface area contributed by atoms with E-state index >= 15 is 0 Å². The molecule has 2 aromatic rings. The van der Waals surface area contributed by atoms with Gasteiger partial charge in [-0.2, -0.15) is 10.4 Å². The van der Waals surface area contributed by atoms with Gasteiger partial charge in [0.05, 0.1) is 12.3 Å². The Hall–Kier alpha value is -2.09. The van der Waals surface area contributed by atoms with Gasteiger partial charge in [0, 0.05) is 11.1 Å². The van der Waals surface area contributed by atoms with Crippen LogP contribution in [-0.4, -0.2) is 9.78 Å². The van der Waals surface area contributed by atoms with Crippen molar-refractivity contribution >= 4 is 16.6 Å². The first-order chi connectivity index (χ1) is 6.74. The predicted octanol–water partition coefficient (Wildman–Crippen LogP) is 1.28. The molecule has 0 unspecified atom stereocenters. The Bertz CT molecular complexity index is 523. The van der Waals surface area contributed by atoms with E-state index in [4.69, 9.17) is 11.0 Å². The molecule has 0 atom stereocenters. The van der Waals surface area contributed by atoms with Gasteiger partial charge in [-0.15, -0.1) is 0 Å². The quantitative estimate of drug-likeness (QED) is 0.689. The Morgan fingerprint density at radius 1 is 1.57 bits per heavy atom. The van der Waals surface area contributed by atoms with Crippen LogP contribution in [0.5, 0.6) is 0 Å². The van der Waals surface area contributed by atoms with Crippen LogP contribution in [0.3, 0.4) is 0 Å². The van der Waals surface area contributed by atoms with E-state index in [1.54, 1.807) is 0 Å². The number of nitrogen functional groups attached to an aromatic ring is 1. The molecule has 0 saturated carbocycles. The summed E-state index contributed by atoms with van der Waals surface area (Å²) in [5, 5.41) is 12.9. The molecule has 0 radical (unpaired) electrons. The Labute approximate surface area is 79.3 Å². The highest BCUT2D eigenvalue weighted by Crippen LogP contribution is 2.23. The second kappa shape index (κ2) is 3.00. The fourth-order valence-electron chi connectivity index (χ4n) is 1.37. The summed E-state index contributed by atoms with van der Waals surface area (Å²) in [6, 6.07) is 4.66. The van der Waals surface area contributed by atoms with Gasteiger partial charge in [-0.05, 0) is 12.1 Å². The predicted molar refractivity (Wildman–Crippen MR) is 49.7 cm³/mol. The number of halogens is 1. The van der Waals surface area contributed by atoms with Gasteiger partial charge in [0.1, 0.15) is 17.9 Å². The van der Waals surface area contributed by atoms with Crippen LogP contribution in [0, 0.1) is 17.1 Å². The molecule has 0 aliphatic carbocycles. The van der Waals surface area contributed by atoms with Crippen LogP contribution < -0.4 is 5.73 Å². The fourth-order valence-corrected chi connectivity index (χ4v) is 1.37. The van der Waals surface area contributed by atoms with Gasteiger partial charge in [-0.25, -0.2) is 9.07 Å². The third-order valence-electron chi connectivity index (χ3n) is 2.01. The molecule has 4 nitrogen and oxygen atoms in total. The zero-order valence-corrected chi connectivity index (χ0v) is 7.24. The SMILES string of the molecule is N#CCn1ncc2c(N)ccc(F)c21. The molecule has 0 aliphatic rings. The molecule has 0 bridgehead atoms. The average Bonchev–Trinajstić information content (AvgIpc) is 2.58. The molecule has 0 spiro atoms. The number of benzene rings is 1. The summed E-state index contributed by atoms with van der Waals surface area (Å²) in [5.74, 6) is -0.415. The van der Waals surface area contributed by atoms with Gasteiger partial charge in [-0.3, -0.25) is 0 Å². The van der Waals surface area contributed by atoms with Crippen LogP contribution in [0.2, 0.25) is 0 Å². The first-order valence-corrected chi connectivity index (χ1v) is 4.00. The van der Waals surface area contributed by atoms with E-state index < -0.39 is 5.82 Å². The van der Waals surface area contributed by atoms with Crippen LogP contribution in [0.15, 0.2) is 18.3 Å². The molecule has 1 heterocycles. The normalized spacial score (nSPS) is 10.3. The van der Waals surface area contributed by atoms with E-state index in [9.17, 15) is 4.39 Å². The van der Waals surface area contributed by atoms with Crippen molar-refractivity contribution < 1.29 is 4.39 Å². The van der Waals surface area contributed by atoms with Crippen molar-refractivity contribution in [2.75, 3.05) is 5.73 Å². The number of rotatable bonds is 1. The third-order valence-corrected chi connectivity index (χ3v) is 2.01. The summed E-state index contributed by atoms with van der Waals surface area (Å²) >= 11 is 0. The minimum atomic E-state index is -0.415. The summed E-state index contributed by atoms with van der Waals surface area (Å²) in [7, 11) is 0. The number of nitriles is 1. The van der Waals surface area contributed by atoms with Gasteiger partial charge in [0.2, 0.25) is 0 Å². The molecule has 5 heteroatoms. The average molecular weight is 190 g/mol. The van der Waals surface area contributed by atoms with Crippen molar-refractivity contribution in [2.24, 2.45) is 0 Å². The van der Waals surface area contributed by atoms with Crippen molar-refractivity contribution in [3.63, 3.8) is 0 Å². The highest BCUT2D eigenvalue weighted by molar-refractivity contribution is 5.90. The summed E-state index contributed by atoms with van der Waals surface area (Å²) in [6.45, 7) is 0.0177. The summed E-state index contributed by atoms with van der Waals surface area (Å²) < 4.78 is 14.7. The Morgan fingerprint density at radius 3 is 3.07 bits per heavy atom.